The van der Waals surface area contributed by atoms with E-state index in [0.717, 1.165) is 11.8 Å². The maximum Gasteiger partial charge on any atom is 0.451 e. The molecule has 1 radical (unpaired) electrons. The molecule has 1 aromatic rings. The summed E-state index contributed by atoms with van der Waals surface area (Å²) in [6.45, 7) is 0. The standard InChI is InChI=1S/C5H5N4O2S/c10-5(11)7-3-12-4-6-1-2-8-9-4/h1-2,7H,3H2. The average molecular weight is 185 g/mol. The van der Waals surface area contributed by atoms with E-state index >= 15 is 0 Å². The van der Waals surface area contributed by atoms with Gasteiger partial charge in [0.1, 0.15) is 0 Å². The van der Waals surface area contributed by atoms with Crippen LogP contribution in [-0.2, 0) is 5.11 Å². The van der Waals surface area contributed by atoms with Crippen LogP contribution < -0.4 is 5.32 Å². The lowest BCUT2D eigenvalue weighted by Gasteiger charge is -1.95. The van der Waals surface area contributed by atoms with Crippen LogP contribution in [-0.4, -0.2) is 27.2 Å². The molecular formula is C5H5N4O2S. The van der Waals surface area contributed by atoms with E-state index in [0.29, 0.717) is 5.16 Å². The van der Waals surface area contributed by atoms with Gasteiger partial charge in [0.2, 0.25) is 5.16 Å². The summed E-state index contributed by atoms with van der Waals surface area (Å²) < 4.78 is 0. The first-order valence-electron chi connectivity index (χ1n) is 3.00. The molecule has 1 aromatic heterocycles. The first kappa shape index (κ1) is 8.72. The molecule has 0 saturated carbocycles. The van der Waals surface area contributed by atoms with E-state index in [9.17, 15) is 9.90 Å². The Hall–Kier alpha value is -1.37. The predicted molar refractivity (Wildman–Crippen MR) is 39.8 cm³/mol. The van der Waals surface area contributed by atoms with E-state index in [-0.39, 0.29) is 5.88 Å². The zero-order chi connectivity index (χ0) is 8.81. The van der Waals surface area contributed by atoms with Crippen molar-refractivity contribution in [2.75, 3.05) is 5.88 Å². The van der Waals surface area contributed by atoms with Gasteiger partial charge in [0.25, 0.3) is 0 Å². The van der Waals surface area contributed by atoms with Crippen LogP contribution in [0.5, 0.6) is 0 Å². The van der Waals surface area contributed by atoms with E-state index in [2.05, 4.69) is 20.5 Å². The van der Waals surface area contributed by atoms with Crippen LogP contribution in [0, 0.1) is 0 Å². The number of carbonyl (C=O) groups excluding carboxylic acids is 1. The van der Waals surface area contributed by atoms with Crippen molar-refractivity contribution in [2.45, 2.75) is 5.16 Å². The normalized spacial score (nSPS) is 9.33. The third-order valence-corrected chi connectivity index (χ3v) is 1.61. The Labute approximate surface area is 72.4 Å². The predicted octanol–water partition coefficient (Wildman–Crippen LogP) is 0.0613. The molecule has 0 bridgehead atoms. The van der Waals surface area contributed by atoms with E-state index in [1.54, 1.807) is 0 Å². The Morgan fingerprint density at radius 2 is 2.42 bits per heavy atom. The minimum absolute atomic E-state index is 0.161. The Bertz CT molecular complexity index is 255. The number of carbonyl (C=O) groups is 1. The Morgan fingerprint density at radius 3 is 3.00 bits per heavy atom. The molecule has 0 atom stereocenters. The maximum atomic E-state index is 9.90. The van der Waals surface area contributed by atoms with Crippen LogP contribution in [0.15, 0.2) is 17.6 Å². The smallest absolute Gasteiger partial charge is 0.309 e. The second kappa shape index (κ2) is 4.50. The largest absolute Gasteiger partial charge is 0.451 e. The van der Waals surface area contributed by atoms with Gasteiger partial charge in [-0.05, 0) is 0 Å². The second-order valence-electron chi connectivity index (χ2n) is 1.68. The van der Waals surface area contributed by atoms with Gasteiger partial charge in [0.05, 0.1) is 18.3 Å². The summed E-state index contributed by atoms with van der Waals surface area (Å²) in [5, 5.41) is 19.6. The van der Waals surface area contributed by atoms with Crippen molar-refractivity contribution < 1.29 is 9.90 Å². The van der Waals surface area contributed by atoms with E-state index < -0.39 is 6.09 Å². The first-order valence-corrected chi connectivity index (χ1v) is 3.99. The molecule has 0 unspecified atom stereocenters. The van der Waals surface area contributed by atoms with Crippen molar-refractivity contribution in [1.29, 1.82) is 0 Å². The Balaban J connectivity index is 2.29. The lowest BCUT2D eigenvalue weighted by atomic mass is 10.9. The maximum absolute atomic E-state index is 9.90. The van der Waals surface area contributed by atoms with Crippen LogP contribution in [0.3, 0.4) is 0 Å². The van der Waals surface area contributed by atoms with E-state index in [1.165, 1.54) is 12.4 Å². The number of hydrogen-bond donors (Lipinski definition) is 1. The fraction of sp³-hybridized carbons (Fsp3) is 0.200. The molecule has 0 spiro atoms. The summed E-state index contributed by atoms with van der Waals surface area (Å²) in [6.07, 6.45) is 1.61. The van der Waals surface area contributed by atoms with Crippen molar-refractivity contribution in [3.8, 4) is 0 Å². The number of thioether (sulfide) groups is 1. The SMILES string of the molecule is [O]C(=O)NCSc1nccnn1. The number of hydrogen-bond acceptors (Lipinski definition) is 5. The second-order valence-corrected chi connectivity index (χ2v) is 2.62. The Kier molecular flexibility index (Phi) is 3.27. The molecule has 0 aromatic carbocycles. The number of amides is 1. The Morgan fingerprint density at radius 1 is 1.58 bits per heavy atom. The van der Waals surface area contributed by atoms with Crippen molar-refractivity contribution in [1.82, 2.24) is 20.5 Å². The number of nitrogens with one attached hydrogen (secondary N) is 1. The van der Waals surface area contributed by atoms with Gasteiger partial charge in [-0.2, -0.15) is 5.10 Å². The zero-order valence-electron chi connectivity index (χ0n) is 5.93. The number of aromatic nitrogens is 3. The summed E-state index contributed by atoms with van der Waals surface area (Å²) in [4.78, 5) is 13.7. The molecule has 1 amide bonds. The van der Waals surface area contributed by atoms with Crippen molar-refractivity contribution in [3.05, 3.63) is 12.4 Å². The monoisotopic (exact) mass is 185 g/mol. The van der Waals surface area contributed by atoms with Crippen LogP contribution in [0.4, 0.5) is 4.79 Å². The molecule has 1 heterocycles. The van der Waals surface area contributed by atoms with Crippen LogP contribution in [0.2, 0.25) is 0 Å². The average Bonchev–Trinajstić information content (AvgIpc) is 2.05. The van der Waals surface area contributed by atoms with Crippen LogP contribution in [0.25, 0.3) is 0 Å². The third kappa shape index (κ3) is 3.15. The molecule has 0 fully saturated rings. The molecule has 12 heavy (non-hydrogen) atoms. The molecule has 0 aliphatic rings. The highest BCUT2D eigenvalue weighted by Gasteiger charge is 1.99. The van der Waals surface area contributed by atoms with E-state index in [4.69, 9.17) is 0 Å². The minimum atomic E-state index is -1.31. The molecule has 7 heteroatoms. The van der Waals surface area contributed by atoms with Crippen molar-refractivity contribution in [2.24, 2.45) is 0 Å². The fourth-order valence-electron chi connectivity index (χ4n) is 0.461. The van der Waals surface area contributed by atoms with E-state index in [1.807, 2.05) is 0 Å². The molecule has 0 saturated heterocycles. The summed E-state index contributed by atoms with van der Waals surface area (Å²) in [5.74, 6) is 0.161. The van der Waals surface area contributed by atoms with Gasteiger partial charge in [-0.25, -0.2) is 14.9 Å². The summed E-state index contributed by atoms with van der Waals surface area (Å²) in [6, 6.07) is 0. The lowest BCUT2D eigenvalue weighted by Crippen LogP contribution is -2.18. The molecule has 63 valence electrons. The first-order chi connectivity index (χ1) is 5.79. The van der Waals surface area contributed by atoms with Gasteiger partial charge in [-0.15, -0.1) is 5.10 Å². The highest BCUT2D eigenvalue weighted by Crippen LogP contribution is 2.06. The molecule has 1 rings (SSSR count). The summed E-state index contributed by atoms with van der Waals surface area (Å²) >= 11 is 1.13. The van der Waals surface area contributed by atoms with Gasteiger partial charge in [0, 0.05) is 0 Å². The molecule has 0 aliphatic heterocycles. The fourth-order valence-corrected chi connectivity index (χ4v) is 1.02. The zero-order valence-corrected chi connectivity index (χ0v) is 6.74. The van der Waals surface area contributed by atoms with Gasteiger partial charge < -0.3 is 5.32 Å². The molecule has 0 aliphatic carbocycles. The van der Waals surface area contributed by atoms with Crippen LogP contribution in [0.1, 0.15) is 0 Å². The number of nitrogens with zero attached hydrogens (tertiary/aromatic N) is 3. The topological polar surface area (TPSA) is 87.7 Å². The summed E-state index contributed by atoms with van der Waals surface area (Å²) in [7, 11) is 0. The minimum Gasteiger partial charge on any atom is -0.309 e. The highest BCUT2D eigenvalue weighted by molar-refractivity contribution is 7.99. The molecule has 1 N–H and O–H groups in total. The third-order valence-electron chi connectivity index (χ3n) is 0.879. The van der Waals surface area contributed by atoms with Gasteiger partial charge >= 0.3 is 6.09 Å². The quantitative estimate of drug-likeness (QED) is 0.531. The summed E-state index contributed by atoms with van der Waals surface area (Å²) in [5.41, 5.74) is 0. The molecule has 6 nitrogen and oxygen atoms in total. The highest BCUT2D eigenvalue weighted by atomic mass is 32.2. The van der Waals surface area contributed by atoms with Crippen LogP contribution >= 0.6 is 11.8 Å². The van der Waals surface area contributed by atoms with Crippen molar-refractivity contribution in [3.63, 3.8) is 0 Å². The van der Waals surface area contributed by atoms with Crippen molar-refractivity contribution >= 4 is 17.9 Å². The molecular weight excluding hydrogens is 180 g/mol. The van der Waals surface area contributed by atoms with Gasteiger partial charge in [-0.1, -0.05) is 11.8 Å². The number of rotatable bonds is 3. The van der Waals surface area contributed by atoms with Gasteiger partial charge in [0.15, 0.2) is 0 Å². The van der Waals surface area contributed by atoms with Gasteiger partial charge in [-0.3, -0.25) is 0 Å². The lowest BCUT2D eigenvalue weighted by molar-refractivity contribution is 0.170.